The van der Waals surface area contributed by atoms with Gasteiger partial charge in [-0.05, 0) is 26.2 Å². The van der Waals surface area contributed by atoms with Crippen LogP contribution in [0.5, 0.6) is 0 Å². The van der Waals surface area contributed by atoms with E-state index in [1.54, 1.807) is 10.9 Å². The normalized spacial score (nSPS) is 29.0. The average molecular weight is 210 g/mol. The van der Waals surface area contributed by atoms with Crippen LogP contribution in [0, 0.1) is 0 Å². The molecule has 0 radical (unpaired) electrons. The zero-order valence-electron chi connectivity index (χ0n) is 9.31. The molecular weight excluding hydrogens is 192 g/mol. The average Bonchev–Trinajstić information content (AvgIpc) is 2.64. The molecule has 2 unspecified atom stereocenters. The Morgan fingerprint density at radius 3 is 2.93 bits per heavy atom. The molecule has 15 heavy (non-hydrogen) atoms. The van der Waals surface area contributed by atoms with E-state index in [1.807, 2.05) is 7.05 Å². The number of hydrogen-bond donors (Lipinski definition) is 1. The Labute approximate surface area is 89.6 Å². The summed E-state index contributed by atoms with van der Waals surface area (Å²) in [7, 11) is 1.86. The summed E-state index contributed by atoms with van der Waals surface area (Å²) in [5, 5.41) is 7.74. The van der Waals surface area contributed by atoms with Gasteiger partial charge in [0.05, 0.1) is 23.5 Å². The third-order valence-electron chi connectivity index (χ3n) is 3.23. The third-order valence-corrected chi connectivity index (χ3v) is 3.23. The lowest BCUT2D eigenvalue weighted by atomic mass is 9.87. The van der Waals surface area contributed by atoms with Crippen LogP contribution in [0.1, 0.15) is 37.9 Å². The molecule has 0 saturated carbocycles. The van der Waals surface area contributed by atoms with Gasteiger partial charge in [0, 0.05) is 13.7 Å². The zero-order valence-corrected chi connectivity index (χ0v) is 9.31. The highest BCUT2D eigenvalue weighted by molar-refractivity contribution is 5.08. The summed E-state index contributed by atoms with van der Waals surface area (Å²) in [6, 6.07) is -0.155. The predicted octanol–water partition coefficient (Wildman–Crippen LogP) is 0.774. The Kier molecular flexibility index (Phi) is 2.75. The van der Waals surface area contributed by atoms with Crippen molar-refractivity contribution in [2.45, 2.75) is 37.8 Å². The Hall–Kier alpha value is -0.940. The monoisotopic (exact) mass is 210 g/mol. The fourth-order valence-corrected chi connectivity index (χ4v) is 2.09. The molecule has 2 heterocycles. The summed E-state index contributed by atoms with van der Waals surface area (Å²) >= 11 is 0. The van der Waals surface area contributed by atoms with Gasteiger partial charge in [0.15, 0.2) is 0 Å². The van der Waals surface area contributed by atoms with Gasteiger partial charge in [-0.25, -0.2) is 0 Å². The second-order valence-corrected chi connectivity index (χ2v) is 4.38. The van der Waals surface area contributed by atoms with Crippen LogP contribution < -0.4 is 5.73 Å². The Balaban J connectivity index is 2.19. The molecule has 1 aromatic heterocycles. The molecule has 0 spiro atoms. The first-order valence-electron chi connectivity index (χ1n) is 5.37. The fourth-order valence-electron chi connectivity index (χ4n) is 2.09. The molecule has 2 rings (SSSR count). The maximum Gasteiger partial charge on any atom is 0.0862 e. The number of rotatable bonds is 2. The maximum atomic E-state index is 6.22. The molecule has 1 aliphatic heterocycles. The van der Waals surface area contributed by atoms with Crippen molar-refractivity contribution in [1.29, 1.82) is 0 Å². The van der Waals surface area contributed by atoms with Gasteiger partial charge in [0.25, 0.3) is 0 Å². The van der Waals surface area contributed by atoms with Crippen molar-refractivity contribution in [2.75, 3.05) is 6.61 Å². The molecule has 2 atom stereocenters. The SMILES string of the molecule is Cn1nncc1C(N)C1(C)CCCCO1. The lowest BCUT2D eigenvalue weighted by Gasteiger charge is -2.38. The predicted molar refractivity (Wildman–Crippen MR) is 56.1 cm³/mol. The van der Waals surface area contributed by atoms with Gasteiger partial charge in [0.1, 0.15) is 0 Å². The van der Waals surface area contributed by atoms with Crippen molar-refractivity contribution in [3.8, 4) is 0 Å². The van der Waals surface area contributed by atoms with Crippen LogP contribution >= 0.6 is 0 Å². The van der Waals surface area contributed by atoms with E-state index in [2.05, 4.69) is 17.2 Å². The van der Waals surface area contributed by atoms with Gasteiger partial charge in [-0.1, -0.05) is 5.21 Å². The van der Waals surface area contributed by atoms with Crippen molar-refractivity contribution in [3.05, 3.63) is 11.9 Å². The van der Waals surface area contributed by atoms with Crippen LogP contribution in [-0.2, 0) is 11.8 Å². The summed E-state index contributed by atoms with van der Waals surface area (Å²) in [4.78, 5) is 0. The van der Waals surface area contributed by atoms with E-state index < -0.39 is 0 Å². The number of aromatic nitrogens is 3. The van der Waals surface area contributed by atoms with E-state index in [0.29, 0.717) is 0 Å². The van der Waals surface area contributed by atoms with Crippen LogP contribution in [0.25, 0.3) is 0 Å². The molecule has 5 heteroatoms. The first-order valence-corrected chi connectivity index (χ1v) is 5.37. The van der Waals surface area contributed by atoms with Crippen molar-refractivity contribution in [3.63, 3.8) is 0 Å². The Bertz CT molecular complexity index is 330. The number of hydrogen-bond acceptors (Lipinski definition) is 4. The highest BCUT2D eigenvalue weighted by Gasteiger charge is 2.37. The van der Waals surface area contributed by atoms with Crippen molar-refractivity contribution < 1.29 is 4.74 Å². The Morgan fingerprint density at radius 2 is 2.40 bits per heavy atom. The standard InChI is InChI=1S/C10H18N4O/c1-10(5-3-4-6-15-10)9(11)8-7-12-13-14(8)2/h7,9H,3-6,11H2,1-2H3. The summed E-state index contributed by atoms with van der Waals surface area (Å²) in [6.45, 7) is 2.87. The van der Waals surface area contributed by atoms with Gasteiger partial charge in [-0.3, -0.25) is 4.68 Å². The van der Waals surface area contributed by atoms with Gasteiger partial charge in [-0.15, -0.1) is 5.10 Å². The number of nitrogens with two attached hydrogens (primary N) is 1. The van der Waals surface area contributed by atoms with E-state index in [0.717, 1.165) is 25.1 Å². The number of aryl methyl sites for hydroxylation is 1. The van der Waals surface area contributed by atoms with Gasteiger partial charge in [0.2, 0.25) is 0 Å². The fraction of sp³-hybridized carbons (Fsp3) is 0.800. The second-order valence-electron chi connectivity index (χ2n) is 4.38. The zero-order chi connectivity index (χ0) is 10.9. The molecular formula is C10H18N4O. The first-order chi connectivity index (χ1) is 7.13. The molecule has 84 valence electrons. The smallest absolute Gasteiger partial charge is 0.0862 e. The lowest BCUT2D eigenvalue weighted by Crippen LogP contribution is -2.44. The first kappa shape index (κ1) is 10.6. The number of ether oxygens (including phenoxy) is 1. The van der Waals surface area contributed by atoms with Crippen LogP contribution in [0.4, 0.5) is 0 Å². The summed E-state index contributed by atoms with van der Waals surface area (Å²) < 4.78 is 7.53. The van der Waals surface area contributed by atoms with Crippen LogP contribution in [0.2, 0.25) is 0 Å². The molecule has 0 bridgehead atoms. The highest BCUT2D eigenvalue weighted by atomic mass is 16.5. The van der Waals surface area contributed by atoms with Crippen LogP contribution in [0.3, 0.4) is 0 Å². The topological polar surface area (TPSA) is 66.0 Å². The summed E-state index contributed by atoms with van der Waals surface area (Å²) in [5.74, 6) is 0. The molecule has 0 aliphatic carbocycles. The van der Waals surface area contributed by atoms with Gasteiger partial charge < -0.3 is 10.5 Å². The van der Waals surface area contributed by atoms with Crippen molar-refractivity contribution in [1.82, 2.24) is 15.0 Å². The molecule has 1 aromatic rings. The molecule has 0 amide bonds. The summed E-state index contributed by atoms with van der Waals surface area (Å²) in [6.07, 6.45) is 5.02. The van der Waals surface area contributed by atoms with E-state index in [9.17, 15) is 0 Å². The third kappa shape index (κ3) is 1.89. The minimum Gasteiger partial charge on any atom is -0.373 e. The highest BCUT2D eigenvalue weighted by Crippen LogP contribution is 2.34. The van der Waals surface area contributed by atoms with E-state index in [-0.39, 0.29) is 11.6 Å². The minimum atomic E-state index is -0.270. The quantitative estimate of drug-likeness (QED) is 0.783. The van der Waals surface area contributed by atoms with E-state index >= 15 is 0 Å². The minimum absolute atomic E-state index is 0.155. The Morgan fingerprint density at radius 1 is 1.60 bits per heavy atom. The van der Waals surface area contributed by atoms with Crippen molar-refractivity contribution in [2.24, 2.45) is 12.8 Å². The van der Waals surface area contributed by atoms with Gasteiger partial charge >= 0.3 is 0 Å². The summed E-state index contributed by atoms with van der Waals surface area (Å²) in [5.41, 5.74) is 6.88. The molecule has 1 saturated heterocycles. The van der Waals surface area contributed by atoms with Gasteiger partial charge in [-0.2, -0.15) is 0 Å². The molecule has 1 aliphatic rings. The molecule has 0 aromatic carbocycles. The van der Waals surface area contributed by atoms with E-state index in [1.165, 1.54) is 6.42 Å². The van der Waals surface area contributed by atoms with Crippen LogP contribution in [0.15, 0.2) is 6.20 Å². The molecule has 2 N–H and O–H groups in total. The van der Waals surface area contributed by atoms with Crippen LogP contribution in [-0.4, -0.2) is 27.2 Å². The second kappa shape index (κ2) is 3.90. The lowest BCUT2D eigenvalue weighted by molar-refractivity contribution is -0.0833. The molecule has 5 nitrogen and oxygen atoms in total. The van der Waals surface area contributed by atoms with E-state index in [4.69, 9.17) is 10.5 Å². The van der Waals surface area contributed by atoms with Crippen molar-refractivity contribution >= 4 is 0 Å². The maximum absolute atomic E-state index is 6.22. The largest absolute Gasteiger partial charge is 0.373 e. The molecule has 1 fully saturated rings. The number of nitrogens with zero attached hydrogens (tertiary/aromatic N) is 3.